The van der Waals surface area contributed by atoms with Gasteiger partial charge in [-0.3, -0.25) is 4.79 Å². The van der Waals surface area contributed by atoms with Crippen LogP contribution in [0, 0.1) is 5.92 Å². The van der Waals surface area contributed by atoms with Crippen LogP contribution < -0.4 is 0 Å². The Bertz CT molecular complexity index is 493. The van der Waals surface area contributed by atoms with Crippen molar-refractivity contribution in [3.63, 3.8) is 0 Å². The van der Waals surface area contributed by atoms with Crippen molar-refractivity contribution in [2.45, 2.75) is 19.3 Å². The van der Waals surface area contributed by atoms with E-state index in [2.05, 4.69) is 4.90 Å². The van der Waals surface area contributed by atoms with Crippen LogP contribution in [-0.2, 0) is 4.79 Å². The third-order valence-corrected chi connectivity index (χ3v) is 3.85. The van der Waals surface area contributed by atoms with Gasteiger partial charge in [0.25, 0.3) is 0 Å². The molecule has 0 heterocycles. The van der Waals surface area contributed by atoms with Crippen LogP contribution in [0.3, 0.4) is 0 Å². The van der Waals surface area contributed by atoms with E-state index in [0.717, 1.165) is 36.9 Å². The first-order valence-electron chi connectivity index (χ1n) is 6.72. The molecule has 19 heavy (non-hydrogen) atoms. The van der Waals surface area contributed by atoms with E-state index >= 15 is 0 Å². The zero-order valence-corrected chi connectivity index (χ0v) is 12.3. The van der Waals surface area contributed by atoms with Crippen molar-refractivity contribution in [2.24, 2.45) is 5.92 Å². The number of allylic oxidation sites excluding steroid dienone is 1. The Morgan fingerprint density at radius 1 is 1.37 bits per heavy atom. The summed E-state index contributed by atoms with van der Waals surface area (Å²) in [6.45, 7) is 0.832. The van der Waals surface area contributed by atoms with Crippen molar-refractivity contribution < 1.29 is 4.79 Å². The van der Waals surface area contributed by atoms with Crippen molar-refractivity contribution in [1.82, 2.24) is 4.90 Å². The number of hydrogen-bond donors (Lipinski definition) is 0. The van der Waals surface area contributed by atoms with Gasteiger partial charge < -0.3 is 4.90 Å². The summed E-state index contributed by atoms with van der Waals surface area (Å²) < 4.78 is 0. The zero-order chi connectivity index (χ0) is 13.8. The van der Waals surface area contributed by atoms with Crippen LogP contribution in [0.2, 0.25) is 5.02 Å². The lowest BCUT2D eigenvalue weighted by Crippen LogP contribution is -2.31. The van der Waals surface area contributed by atoms with Gasteiger partial charge in [-0.05, 0) is 56.6 Å². The van der Waals surface area contributed by atoms with Gasteiger partial charge in [0.2, 0.25) is 0 Å². The highest BCUT2D eigenvalue weighted by Gasteiger charge is 2.26. The summed E-state index contributed by atoms with van der Waals surface area (Å²) in [5, 5.41) is 0.706. The Morgan fingerprint density at radius 2 is 2.11 bits per heavy atom. The fourth-order valence-electron chi connectivity index (χ4n) is 2.59. The smallest absolute Gasteiger partial charge is 0.163 e. The highest BCUT2D eigenvalue weighted by molar-refractivity contribution is 6.32. The van der Waals surface area contributed by atoms with Crippen LogP contribution in [-0.4, -0.2) is 31.3 Å². The quantitative estimate of drug-likeness (QED) is 0.786. The maximum Gasteiger partial charge on any atom is 0.163 e. The summed E-state index contributed by atoms with van der Waals surface area (Å²) >= 11 is 6.15. The van der Waals surface area contributed by atoms with E-state index < -0.39 is 0 Å². The molecule has 3 heteroatoms. The van der Waals surface area contributed by atoms with E-state index in [9.17, 15) is 4.79 Å². The standard InChI is InChI=1S/C16H20ClNO/c1-18(2)11-14-8-5-7-13(16(14)19)10-12-6-3-4-9-15(12)17/h3-4,6,9-10,14H,5,7-8,11H2,1-2H3. The van der Waals surface area contributed by atoms with Gasteiger partial charge in [0, 0.05) is 17.5 Å². The molecule has 1 aromatic rings. The van der Waals surface area contributed by atoms with E-state index in [1.807, 2.05) is 44.4 Å². The molecule has 2 nitrogen and oxygen atoms in total. The number of hydrogen-bond acceptors (Lipinski definition) is 2. The molecule has 0 radical (unpaired) electrons. The van der Waals surface area contributed by atoms with Crippen molar-refractivity contribution in [1.29, 1.82) is 0 Å². The van der Waals surface area contributed by atoms with Gasteiger partial charge in [-0.2, -0.15) is 0 Å². The van der Waals surface area contributed by atoms with E-state index in [4.69, 9.17) is 11.6 Å². The molecule has 2 rings (SSSR count). The maximum absolute atomic E-state index is 12.4. The molecule has 1 fully saturated rings. The fraction of sp³-hybridized carbons (Fsp3) is 0.438. The molecule has 1 unspecified atom stereocenters. The largest absolute Gasteiger partial charge is 0.309 e. The second kappa shape index (κ2) is 6.36. The molecule has 0 spiro atoms. The molecule has 0 amide bonds. The number of rotatable bonds is 3. The molecular weight excluding hydrogens is 258 g/mol. The van der Waals surface area contributed by atoms with Crippen LogP contribution in [0.4, 0.5) is 0 Å². The molecule has 0 saturated heterocycles. The van der Waals surface area contributed by atoms with E-state index in [0.29, 0.717) is 10.8 Å². The summed E-state index contributed by atoms with van der Waals surface area (Å²) in [6.07, 6.45) is 4.91. The lowest BCUT2D eigenvalue weighted by atomic mass is 9.83. The SMILES string of the molecule is CN(C)CC1CCCC(=Cc2ccccc2Cl)C1=O. The van der Waals surface area contributed by atoms with Crippen LogP contribution in [0.15, 0.2) is 29.8 Å². The van der Waals surface area contributed by atoms with Gasteiger partial charge in [-0.15, -0.1) is 0 Å². The number of carbonyl (C=O) groups is 1. The molecule has 1 aromatic carbocycles. The maximum atomic E-state index is 12.4. The van der Waals surface area contributed by atoms with Crippen molar-refractivity contribution in [3.8, 4) is 0 Å². The predicted octanol–water partition coefficient (Wildman–Crippen LogP) is 3.65. The number of halogens is 1. The monoisotopic (exact) mass is 277 g/mol. The molecular formula is C16H20ClNO. The topological polar surface area (TPSA) is 20.3 Å². The minimum atomic E-state index is 0.137. The van der Waals surface area contributed by atoms with Crippen LogP contribution in [0.25, 0.3) is 6.08 Å². The molecule has 1 aliphatic rings. The first-order chi connectivity index (χ1) is 9.08. The van der Waals surface area contributed by atoms with Crippen LogP contribution >= 0.6 is 11.6 Å². The minimum absolute atomic E-state index is 0.137. The van der Waals surface area contributed by atoms with E-state index in [1.54, 1.807) is 0 Å². The highest BCUT2D eigenvalue weighted by Crippen LogP contribution is 2.28. The average molecular weight is 278 g/mol. The van der Waals surface area contributed by atoms with Gasteiger partial charge in [-0.1, -0.05) is 29.8 Å². The Balaban J connectivity index is 2.20. The lowest BCUT2D eigenvalue weighted by molar-refractivity contribution is -0.120. The zero-order valence-electron chi connectivity index (χ0n) is 11.5. The molecule has 1 aliphatic carbocycles. The second-order valence-electron chi connectivity index (χ2n) is 5.41. The number of nitrogens with zero attached hydrogens (tertiary/aromatic N) is 1. The van der Waals surface area contributed by atoms with Gasteiger partial charge in [0.05, 0.1) is 0 Å². The van der Waals surface area contributed by atoms with Crippen LogP contribution in [0.5, 0.6) is 0 Å². The number of Topliss-reactive ketones (excluding diaryl/α,β-unsaturated/α-hetero) is 1. The molecule has 1 saturated carbocycles. The van der Waals surface area contributed by atoms with Crippen molar-refractivity contribution in [3.05, 3.63) is 40.4 Å². The first kappa shape index (κ1) is 14.3. The van der Waals surface area contributed by atoms with Crippen molar-refractivity contribution >= 4 is 23.5 Å². The highest BCUT2D eigenvalue weighted by atomic mass is 35.5. The Kier molecular flexibility index (Phi) is 4.78. The Hall–Kier alpha value is -1.12. The number of ketones is 1. The summed E-state index contributed by atoms with van der Waals surface area (Å²) in [6, 6.07) is 7.67. The summed E-state index contributed by atoms with van der Waals surface area (Å²) in [5.74, 6) is 0.428. The van der Waals surface area contributed by atoms with Gasteiger partial charge in [0.15, 0.2) is 5.78 Å². The molecule has 102 valence electrons. The molecule has 0 aliphatic heterocycles. The van der Waals surface area contributed by atoms with Gasteiger partial charge in [0.1, 0.15) is 0 Å². The normalized spacial score (nSPS) is 22.2. The van der Waals surface area contributed by atoms with Crippen LogP contribution in [0.1, 0.15) is 24.8 Å². The predicted molar refractivity (Wildman–Crippen MR) is 80.3 cm³/mol. The molecule has 0 bridgehead atoms. The summed E-state index contributed by atoms with van der Waals surface area (Å²) in [5.41, 5.74) is 1.87. The lowest BCUT2D eigenvalue weighted by Gasteiger charge is -2.25. The Morgan fingerprint density at radius 3 is 2.79 bits per heavy atom. The summed E-state index contributed by atoms with van der Waals surface area (Å²) in [7, 11) is 4.03. The molecule has 0 N–H and O–H groups in total. The minimum Gasteiger partial charge on any atom is -0.309 e. The van der Waals surface area contributed by atoms with Crippen molar-refractivity contribution in [2.75, 3.05) is 20.6 Å². The van der Waals surface area contributed by atoms with Gasteiger partial charge in [-0.25, -0.2) is 0 Å². The molecule has 0 aromatic heterocycles. The third-order valence-electron chi connectivity index (χ3n) is 3.51. The average Bonchev–Trinajstić information content (AvgIpc) is 2.36. The Labute approximate surface area is 120 Å². The fourth-order valence-corrected chi connectivity index (χ4v) is 2.78. The molecule has 1 atom stereocenters. The second-order valence-corrected chi connectivity index (χ2v) is 5.81. The number of carbonyl (C=O) groups excluding carboxylic acids is 1. The third kappa shape index (κ3) is 3.68. The number of benzene rings is 1. The summed E-state index contributed by atoms with van der Waals surface area (Å²) in [4.78, 5) is 14.5. The van der Waals surface area contributed by atoms with E-state index in [1.165, 1.54) is 0 Å². The van der Waals surface area contributed by atoms with E-state index in [-0.39, 0.29) is 5.92 Å². The first-order valence-corrected chi connectivity index (χ1v) is 7.10. The van der Waals surface area contributed by atoms with Gasteiger partial charge >= 0.3 is 0 Å².